The second kappa shape index (κ2) is 7.47. The molecule has 0 aliphatic carbocycles. The van der Waals surface area contributed by atoms with E-state index in [0.717, 1.165) is 22.1 Å². The minimum absolute atomic E-state index is 0.0539. The summed E-state index contributed by atoms with van der Waals surface area (Å²) in [6.07, 6.45) is 0.636. The summed E-state index contributed by atoms with van der Waals surface area (Å²) in [7, 11) is 0. The van der Waals surface area contributed by atoms with E-state index in [4.69, 9.17) is 0 Å². The van der Waals surface area contributed by atoms with Crippen molar-refractivity contribution in [1.82, 2.24) is 5.32 Å². The standard InChI is InChI=1S/C16H15Br2F2N/c1-2-21-15(12-4-3-5-14(20)16(12)18)8-10-6-7-11(19)9-13(10)17/h3-7,9,15,21H,2,8H2,1H3. The first kappa shape index (κ1) is 16.6. The maximum absolute atomic E-state index is 13.7. The maximum atomic E-state index is 13.7. The third-order valence-electron chi connectivity index (χ3n) is 3.25. The van der Waals surface area contributed by atoms with E-state index in [1.165, 1.54) is 18.2 Å². The van der Waals surface area contributed by atoms with Crippen LogP contribution in [-0.4, -0.2) is 6.54 Å². The molecule has 0 aliphatic heterocycles. The lowest BCUT2D eigenvalue weighted by molar-refractivity contribution is 0.537. The van der Waals surface area contributed by atoms with Crippen LogP contribution < -0.4 is 5.32 Å². The number of hydrogen-bond acceptors (Lipinski definition) is 1. The number of benzene rings is 2. The molecule has 1 atom stereocenters. The number of rotatable bonds is 5. The molecule has 1 N–H and O–H groups in total. The van der Waals surface area contributed by atoms with Crippen molar-refractivity contribution in [2.24, 2.45) is 0 Å². The minimum Gasteiger partial charge on any atom is -0.310 e. The van der Waals surface area contributed by atoms with Crippen molar-refractivity contribution in [3.05, 3.63) is 68.1 Å². The maximum Gasteiger partial charge on any atom is 0.137 e. The number of hydrogen-bond donors (Lipinski definition) is 1. The second-order valence-corrected chi connectivity index (χ2v) is 6.34. The molecule has 0 bridgehead atoms. The number of halogens is 4. The van der Waals surface area contributed by atoms with Crippen molar-refractivity contribution >= 4 is 31.9 Å². The molecule has 2 aromatic carbocycles. The van der Waals surface area contributed by atoms with Gasteiger partial charge in [0.25, 0.3) is 0 Å². The van der Waals surface area contributed by atoms with Crippen LogP contribution in [0.4, 0.5) is 8.78 Å². The fraction of sp³-hybridized carbons (Fsp3) is 0.250. The Kier molecular flexibility index (Phi) is 5.90. The quantitative estimate of drug-likeness (QED) is 0.686. The molecule has 1 unspecified atom stereocenters. The Balaban J connectivity index is 2.33. The molecule has 112 valence electrons. The van der Waals surface area contributed by atoms with E-state index in [9.17, 15) is 8.78 Å². The van der Waals surface area contributed by atoms with Crippen LogP contribution in [0, 0.1) is 11.6 Å². The summed E-state index contributed by atoms with van der Waals surface area (Å²) in [5, 5.41) is 3.35. The summed E-state index contributed by atoms with van der Waals surface area (Å²) in [4.78, 5) is 0. The van der Waals surface area contributed by atoms with Gasteiger partial charge in [-0.3, -0.25) is 0 Å². The molecule has 0 saturated carbocycles. The normalized spacial score (nSPS) is 12.4. The van der Waals surface area contributed by atoms with Crippen LogP contribution in [0.3, 0.4) is 0 Å². The van der Waals surface area contributed by atoms with E-state index in [0.29, 0.717) is 10.9 Å². The molecule has 0 amide bonds. The van der Waals surface area contributed by atoms with Crippen molar-refractivity contribution < 1.29 is 8.78 Å². The summed E-state index contributed by atoms with van der Waals surface area (Å²) in [6.45, 7) is 2.76. The van der Waals surface area contributed by atoms with Gasteiger partial charge in [-0.05, 0) is 58.2 Å². The molecule has 1 nitrogen and oxygen atoms in total. The first-order valence-electron chi connectivity index (χ1n) is 6.64. The van der Waals surface area contributed by atoms with Gasteiger partial charge in [0.2, 0.25) is 0 Å². The first-order chi connectivity index (χ1) is 10.0. The molecule has 0 heterocycles. The van der Waals surface area contributed by atoms with Crippen LogP contribution in [0.1, 0.15) is 24.1 Å². The van der Waals surface area contributed by atoms with Gasteiger partial charge in [0.15, 0.2) is 0 Å². The fourth-order valence-corrected chi connectivity index (χ4v) is 3.29. The Labute approximate surface area is 140 Å². The average molecular weight is 419 g/mol. The van der Waals surface area contributed by atoms with Gasteiger partial charge in [0.1, 0.15) is 11.6 Å². The molecule has 0 aliphatic rings. The van der Waals surface area contributed by atoms with E-state index in [1.54, 1.807) is 12.1 Å². The van der Waals surface area contributed by atoms with E-state index >= 15 is 0 Å². The zero-order valence-corrected chi connectivity index (χ0v) is 14.6. The SMILES string of the molecule is CCNC(Cc1ccc(F)cc1Br)c1cccc(F)c1Br. The molecule has 0 spiro atoms. The smallest absolute Gasteiger partial charge is 0.137 e. The van der Waals surface area contributed by atoms with Crippen molar-refractivity contribution in [3.8, 4) is 0 Å². The highest BCUT2D eigenvalue weighted by Crippen LogP contribution is 2.30. The molecule has 21 heavy (non-hydrogen) atoms. The van der Waals surface area contributed by atoms with E-state index in [1.807, 2.05) is 13.0 Å². The van der Waals surface area contributed by atoms with Crippen LogP contribution in [0.2, 0.25) is 0 Å². The molecule has 0 fully saturated rings. The third-order valence-corrected chi connectivity index (χ3v) is 4.82. The Morgan fingerprint density at radius 1 is 1.14 bits per heavy atom. The minimum atomic E-state index is -0.284. The molecule has 2 rings (SSSR count). The lowest BCUT2D eigenvalue weighted by Crippen LogP contribution is -2.23. The summed E-state index contributed by atoms with van der Waals surface area (Å²) in [5.74, 6) is -0.564. The Hall–Kier alpha value is -0.780. The highest BCUT2D eigenvalue weighted by atomic mass is 79.9. The van der Waals surface area contributed by atoms with Crippen molar-refractivity contribution in [2.75, 3.05) is 6.54 Å². The zero-order valence-electron chi connectivity index (χ0n) is 11.5. The van der Waals surface area contributed by atoms with E-state index in [2.05, 4.69) is 37.2 Å². The van der Waals surface area contributed by atoms with Crippen LogP contribution in [-0.2, 0) is 6.42 Å². The Morgan fingerprint density at radius 2 is 1.90 bits per heavy atom. The molecule has 5 heteroatoms. The number of likely N-dealkylation sites (N-methyl/N-ethyl adjacent to an activating group) is 1. The predicted octanol–water partition coefficient (Wildman–Crippen LogP) is 5.38. The van der Waals surface area contributed by atoms with Crippen LogP contribution in [0.15, 0.2) is 45.3 Å². The summed E-state index contributed by atoms with van der Waals surface area (Å²) in [6, 6.07) is 9.57. The summed E-state index contributed by atoms with van der Waals surface area (Å²) < 4.78 is 28.1. The van der Waals surface area contributed by atoms with Gasteiger partial charge in [0, 0.05) is 10.5 Å². The van der Waals surface area contributed by atoms with Gasteiger partial charge >= 0.3 is 0 Å². The largest absolute Gasteiger partial charge is 0.310 e. The molecular weight excluding hydrogens is 404 g/mol. The molecule has 0 saturated heterocycles. The fourth-order valence-electron chi connectivity index (χ4n) is 2.24. The van der Waals surface area contributed by atoms with Gasteiger partial charge in [-0.1, -0.05) is 41.1 Å². The Morgan fingerprint density at radius 3 is 2.57 bits per heavy atom. The zero-order chi connectivity index (χ0) is 15.4. The number of nitrogens with one attached hydrogen (secondary N) is 1. The first-order valence-corrected chi connectivity index (χ1v) is 8.22. The van der Waals surface area contributed by atoms with Gasteiger partial charge in [0.05, 0.1) is 4.47 Å². The van der Waals surface area contributed by atoms with Crippen molar-refractivity contribution in [1.29, 1.82) is 0 Å². The van der Waals surface area contributed by atoms with Crippen LogP contribution in [0.5, 0.6) is 0 Å². The third kappa shape index (κ3) is 4.11. The van der Waals surface area contributed by atoms with E-state index < -0.39 is 0 Å². The van der Waals surface area contributed by atoms with Crippen molar-refractivity contribution in [2.45, 2.75) is 19.4 Å². The monoisotopic (exact) mass is 417 g/mol. The predicted molar refractivity (Wildman–Crippen MR) is 88.3 cm³/mol. The Bertz CT molecular complexity index is 632. The van der Waals surface area contributed by atoms with Gasteiger partial charge in [-0.15, -0.1) is 0 Å². The van der Waals surface area contributed by atoms with Gasteiger partial charge in [-0.25, -0.2) is 8.78 Å². The van der Waals surface area contributed by atoms with Crippen LogP contribution in [0.25, 0.3) is 0 Å². The second-order valence-electron chi connectivity index (χ2n) is 4.69. The molecule has 0 aromatic heterocycles. The van der Waals surface area contributed by atoms with Gasteiger partial charge < -0.3 is 5.32 Å². The lowest BCUT2D eigenvalue weighted by atomic mass is 9.98. The topological polar surface area (TPSA) is 12.0 Å². The highest BCUT2D eigenvalue weighted by Gasteiger charge is 2.17. The highest BCUT2D eigenvalue weighted by molar-refractivity contribution is 9.10. The van der Waals surface area contributed by atoms with E-state index in [-0.39, 0.29) is 17.7 Å². The summed E-state index contributed by atoms with van der Waals surface area (Å²) in [5.41, 5.74) is 1.83. The molecule has 0 radical (unpaired) electrons. The van der Waals surface area contributed by atoms with Crippen LogP contribution >= 0.6 is 31.9 Å². The average Bonchev–Trinajstić information content (AvgIpc) is 2.44. The summed E-state index contributed by atoms with van der Waals surface area (Å²) >= 11 is 6.69. The molecule has 2 aromatic rings. The van der Waals surface area contributed by atoms with Gasteiger partial charge in [-0.2, -0.15) is 0 Å². The molecular formula is C16H15Br2F2N. The van der Waals surface area contributed by atoms with Crippen molar-refractivity contribution in [3.63, 3.8) is 0 Å². The lowest BCUT2D eigenvalue weighted by Gasteiger charge is -2.21.